The summed E-state index contributed by atoms with van der Waals surface area (Å²) in [4.78, 5) is 11.9. The van der Waals surface area contributed by atoms with Gasteiger partial charge in [0.25, 0.3) is 0 Å². The van der Waals surface area contributed by atoms with E-state index in [1.54, 1.807) is 0 Å². The van der Waals surface area contributed by atoms with E-state index in [1.165, 1.54) is 16.7 Å². The van der Waals surface area contributed by atoms with Crippen LogP contribution in [-0.4, -0.2) is 11.1 Å². The van der Waals surface area contributed by atoms with Crippen LogP contribution in [0.3, 0.4) is 0 Å². The number of hydrogen-bond acceptors (Lipinski definition) is 1. The molecule has 0 aromatic heterocycles. The Morgan fingerprint density at radius 1 is 1.33 bits per heavy atom. The van der Waals surface area contributed by atoms with Gasteiger partial charge >= 0.3 is 5.97 Å². The maximum atomic E-state index is 11.9. The first-order valence-electron chi connectivity index (χ1n) is 8.27. The first-order chi connectivity index (χ1) is 9.91. The number of benzene rings is 1. The molecule has 0 heterocycles. The van der Waals surface area contributed by atoms with Gasteiger partial charge in [-0.2, -0.15) is 0 Å². The Hall–Kier alpha value is -1.31. The molecule has 0 aliphatic heterocycles. The highest BCUT2D eigenvalue weighted by Gasteiger charge is 2.55. The number of rotatable bonds is 2. The summed E-state index contributed by atoms with van der Waals surface area (Å²) in [6, 6.07) is 6.87. The van der Waals surface area contributed by atoms with Gasteiger partial charge in [0.15, 0.2) is 0 Å². The van der Waals surface area contributed by atoms with Crippen molar-refractivity contribution in [3.8, 4) is 0 Å². The number of hydrogen-bond donors (Lipinski definition) is 1. The summed E-state index contributed by atoms with van der Waals surface area (Å²) < 4.78 is 0. The SMILES string of the molecule is CCc1ccc2c(c1)CC[C@H]1[C@](C)(C(=O)O)CCC[C@]21C. The van der Waals surface area contributed by atoms with Crippen molar-refractivity contribution in [1.82, 2.24) is 0 Å². The van der Waals surface area contributed by atoms with Crippen LogP contribution in [0.15, 0.2) is 18.2 Å². The number of carbonyl (C=O) groups is 1. The van der Waals surface area contributed by atoms with Crippen molar-refractivity contribution in [2.24, 2.45) is 11.3 Å². The third-order valence-corrected chi connectivity index (χ3v) is 6.31. The minimum Gasteiger partial charge on any atom is -0.481 e. The summed E-state index contributed by atoms with van der Waals surface area (Å²) in [5.41, 5.74) is 3.75. The zero-order chi connectivity index (χ0) is 15.3. The van der Waals surface area contributed by atoms with Crippen LogP contribution in [-0.2, 0) is 23.1 Å². The van der Waals surface area contributed by atoms with E-state index < -0.39 is 11.4 Å². The van der Waals surface area contributed by atoms with Gasteiger partial charge in [0.1, 0.15) is 0 Å². The fraction of sp³-hybridized carbons (Fsp3) is 0.632. The molecular weight excluding hydrogens is 260 g/mol. The van der Waals surface area contributed by atoms with Crippen LogP contribution in [0, 0.1) is 11.3 Å². The third-order valence-electron chi connectivity index (χ3n) is 6.31. The summed E-state index contributed by atoms with van der Waals surface area (Å²) in [6.45, 7) is 6.47. The highest BCUT2D eigenvalue weighted by Crippen LogP contribution is 2.57. The molecule has 2 aliphatic carbocycles. The maximum absolute atomic E-state index is 11.9. The Bertz CT molecular complexity index is 577. The van der Waals surface area contributed by atoms with E-state index in [-0.39, 0.29) is 11.3 Å². The molecule has 3 atom stereocenters. The van der Waals surface area contributed by atoms with Crippen molar-refractivity contribution in [2.75, 3.05) is 0 Å². The van der Waals surface area contributed by atoms with Crippen LogP contribution in [0.2, 0.25) is 0 Å². The van der Waals surface area contributed by atoms with Gasteiger partial charge in [-0.25, -0.2) is 0 Å². The fourth-order valence-corrected chi connectivity index (χ4v) is 5.02. The minimum absolute atomic E-state index is 0.0330. The molecule has 21 heavy (non-hydrogen) atoms. The molecule has 0 amide bonds. The van der Waals surface area contributed by atoms with E-state index in [9.17, 15) is 9.90 Å². The Morgan fingerprint density at radius 3 is 2.76 bits per heavy atom. The second-order valence-corrected chi connectivity index (χ2v) is 7.43. The van der Waals surface area contributed by atoms with Crippen molar-refractivity contribution in [2.45, 2.75) is 64.7 Å². The standard InChI is InChI=1S/C19H26O2/c1-4-13-6-8-15-14(12-13)7-9-16-18(15,2)10-5-11-19(16,3)17(20)21/h6,8,12,16H,4-5,7,9-11H2,1-3H3,(H,20,21)/t16-,18-,19-/m1/s1. The summed E-state index contributed by atoms with van der Waals surface area (Å²) in [7, 11) is 0. The number of carboxylic acids is 1. The molecule has 2 nitrogen and oxygen atoms in total. The molecule has 0 spiro atoms. The van der Waals surface area contributed by atoms with Crippen LogP contribution in [0.4, 0.5) is 0 Å². The first-order valence-corrected chi connectivity index (χ1v) is 8.27. The molecule has 114 valence electrons. The number of fused-ring (bicyclic) bond motifs is 3. The van der Waals surface area contributed by atoms with Crippen LogP contribution < -0.4 is 0 Å². The Morgan fingerprint density at radius 2 is 2.10 bits per heavy atom. The van der Waals surface area contributed by atoms with Crippen molar-refractivity contribution < 1.29 is 9.90 Å². The van der Waals surface area contributed by atoms with Gasteiger partial charge < -0.3 is 5.11 Å². The van der Waals surface area contributed by atoms with Crippen LogP contribution in [0.5, 0.6) is 0 Å². The lowest BCUT2D eigenvalue weighted by molar-refractivity contribution is -0.157. The zero-order valence-electron chi connectivity index (χ0n) is 13.4. The second-order valence-electron chi connectivity index (χ2n) is 7.43. The molecule has 2 heteroatoms. The van der Waals surface area contributed by atoms with Gasteiger partial charge in [0.2, 0.25) is 0 Å². The van der Waals surface area contributed by atoms with E-state index in [0.29, 0.717) is 0 Å². The molecule has 0 unspecified atom stereocenters. The summed E-state index contributed by atoms with van der Waals surface area (Å²) in [5, 5.41) is 9.78. The summed E-state index contributed by atoms with van der Waals surface area (Å²) >= 11 is 0. The molecule has 1 saturated carbocycles. The first kappa shape index (κ1) is 14.6. The smallest absolute Gasteiger partial charge is 0.309 e. The highest BCUT2D eigenvalue weighted by molar-refractivity contribution is 5.75. The average molecular weight is 286 g/mol. The quantitative estimate of drug-likeness (QED) is 0.878. The predicted molar refractivity (Wildman–Crippen MR) is 84.6 cm³/mol. The van der Waals surface area contributed by atoms with Crippen molar-refractivity contribution in [3.63, 3.8) is 0 Å². The normalized spacial score (nSPS) is 34.9. The topological polar surface area (TPSA) is 37.3 Å². The second kappa shape index (κ2) is 4.86. The molecule has 1 fully saturated rings. The van der Waals surface area contributed by atoms with E-state index in [2.05, 4.69) is 32.0 Å². The molecule has 1 aromatic carbocycles. The Labute approximate surface area is 127 Å². The fourth-order valence-electron chi connectivity index (χ4n) is 5.02. The van der Waals surface area contributed by atoms with E-state index in [0.717, 1.165) is 38.5 Å². The van der Waals surface area contributed by atoms with Gasteiger partial charge in [0.05, 0.1) is 5.41 Å². The zero-order valence-corrected chi connectivity index (χ0v) is 13.4. The van der Waals surface area contributed by atoms with Crippen LogP contribution >= 0.6 is 0 Å². The molecule has 2 aliphatic rings. The summed E-state index contributed by atoms with van der Waals surface area (Å²) in [6.07, 6.45) is 6.08. The lowest BCUT2D eigenvalue weighted by Gasteiger charge is -2.53. The van der Waals surface area contributed by atoms with Gasteiger partial charge in [-0.15, -0.1) is 0 Å². The van der Waals surface area contributed by atoms with Gasteiger partial charge in [-0.3, -0.25) is 4.79 Å². The molecule has 1 aromatic rings. The molecule has 3 rings (SSSR count). The molecule has 0 saturated heterocycles. The lowest BCUT2D eigenvalue weighted by atomic mass is 9.50. The van der Waals surface area contributed by atoms with E-state index in [1.807, 2.05) is 6.92 Å². The van der Waals surface area contributed by atoms with Gasteiger partial charge in [-0.05, 0) is 67.1 Å². The number of aliphatic carboxylic acids is 1. The number of carboxylic acid groups (broad SMARTS) is 1. The molecular formula is C19H26O2. The lowest BCUT2D eigenvalue weighted by Crippen LogP contribution is -2.52. The van der Waals surface area contributed by atoms with Crippen molar-refractivity contribution in [1.29, 1.82) is 0 Å². The van der Waals surface area contributed by atoms with E-state index in [4.69, 9.17) is 0 Å². The molecule has 0 bridgehead atoms. The summed E-state index contributed by atoms with van der Waals surface area (Å²) in [5.74, 6) is -0.344. The maximum Gasteiger partial charge on any atom is 0.309 e. The molecule has 0 radical (unpaired) electrons. The van der Waals surface area contributed by atoms with Crippen molar-refractivity contribution >= 4 is 5.97 Å². The number of aryl methyl sites for hydroxylation is 2. The van der Waals surface area contributed by atoms with E-state index >= 15 is 0 Å². The highest BCUT2D eigenvalue weighted by atomic mass is 16.4. The molecule has 1 N–H and O–H groups in total. The predicted octanol–water partition coefficient (Wildman–Crippen LogP) is 4.34. The third kappa shape index (κ3) is 2.03. The largest absolute Gasteiger partial charge is 0.481 e. The Kier molecular flexibility index (Phi) is 3.38. The van der Waals surface area contributed by atoms with Gasteiger partial charge in [-0.1, -0.05) is 38.5 Å². The monoisotopic (exact) mass is 286 g/mol. The average Bonchev–Trinajstić information content (AvgIpc) is 2.46. The van der Waals surface area contributed by atoms with Crippen LogP contribution in [0.25, 0.3) is 0 Å². The minimum atomic E-state index is -0.605. The van der Waals surface area contributed by atoms with Crippen LogP contribution in [0.1, 0.15) is 63.1 Å². The van der Waals surface area contributed by atoms with Gasteiger partial charge in [0, 0.05) is 0 Å². The van der Waals surface area contributed by atoms with Crippen molar-refractivity contribution in [3.05, 3.63) is 34.9 Å². The Balaban J connectivity index is 2.09.